The lowest BCUT2D eigenvalue weighted by Gasteiger charge is -2.08. The fourth-order valence-corrected chi connectivity index (χ4v) is 3.75. The van der Waals surface area contributed by atoms with E-state index >= 15 is 0 Å². The number of thiazole rings is 1. The van der Waals surface area contributed by atoms with Crippen molar-refractivity contribution in [2.45, 2.75) is 39.8 Å². The summed E-state index contributed by atoms with van der Waals surface area (Å²) >= 11 is 1.60. The molecule has 6 nitrogen and oxygen atoms in total. The van der Waals surface area contributed by atoms with Crippen LogP contribution in [-0.2, 0) is 19.5 Å². The molecule has 0 amide bonds. The molecule has 128 valence electrons. The Balaban J connectivity index is 1.73. The first-order valence-electron chi connectivity index (χ1n) is 8.55. The lowest BCUT2D eigenvalue weighted by Crippen LogP contribution is -2.08. The Morgan fingerprint density at radius 3 is 2.80 bits per heavy atom. The Bertz CT molecular complexity index is 983. The third kappa shape index (κ3) is 2.95. The number of nitrogens with zero attached hydrogens (tertiary/aromatic N) is 6. The summed E-state index contributed by atoms with van der Waals surface area (Å²) in [5, 5.41) is 2.90. The molecular formula is C18H20N6S. The van der Waals surface area contributed by atoms with Gasteiger partial charge in [-0.2, -0.15) is 0 Å². The first-order chi connectivity index (χ1) is 12.3. The molecule has 0 unspecified atom stereocenters. The van der Waals surface area contributed by atoms with E-state index in [1.54, 1.807) is 17.5 Å². The fraction of sp³-hybridized carbons (Fsp3) is 0.333. The van der Waals surface area contributed by atoms with Gasteiger partial charge >= 0.3 is 0 Å². The van der Waals surface area contributed by atoms with E-state index in [2.05, 4.69) is 44.0 Å². The predicted octanol–water partition coefficient (Wildman–Crippen LogP) is 3.77. The minimum atomic E-state index is 0.667. The molecule has 0 spiro atoms. The lowest BCUT2D eigenvalue weighted by atomic mass is 10.2. The van der Waals surface area contributed by atoms with E-state index < -0.39 is 0 Å². The zero-order valence-corrected chi connectivity index (χ0v) is 15.2. The molecule has 0 aliphatic heterocycles. The summed E-state index contributed by atoms with van der Waals surface area (Å²) in [5.41, 5.74) is 3.22. The number of hydrogen-bond acceptors (Lipinski definition) is 5. The average molecular weight is 352 g/mol. The molecule has 0 fully saturated rings. The molecule has 0 atom stereocenters. The molecule has 0 aliphatic carbocycles. The summed E-state index contributed by atoms with van der Waals surface area (Å²) in [6, 6.07) is 2.12. The van der Waals surface area contributed by atoms with Crippen LogP contribution in [0.3, 0.4) is 0 Å². The second kappa shape index (κ2) is 6.76. The number of hydrogen-bond donors (Lipinski definition) is 0. The Morgan fingerprint density at radius 2 is 2.04 bits per heavy atom. The van der Waals surface area contributed by atoms with Crippen molar-refractivity contribution in [3.63, 3.8) is 0 Å². The van der Waals surface area contributed by atoms with Crippen LogP contribution in [0.4, 0.5) is 0 Å². The third-order valence-corrected chi connectivity index (χ3v) is 5.01. The molecule has 0 bridgehead atoms. The predicted molar refractivity (Wildman–Crippen MR) is 99.6 cm³/mol. The normalized spacial score (nSPS) is 11.4. The van der Waals surface area contributed by atoms with Crippen LogP contribution in [0.15, 0.2) is 36.2 Å². The minimum Gasteiger partial charge on any atom is -0.325 e. The molecule has 0 aliphatic rings. The van der Waals surface area contributed by atoms with Gasteiger partial charge < -0.3 is 9.13 Å². The lowest BCUT2D eigenvalue weighted by molar-refractivity contribution is 0.666. The van der Waals surface area contributed by atoms with E-state index in [1.165, 1.54) is 0 Å². The van der Waals surface area contributed by atoms with Crippen molar-refractivity contribution in [2.75, 3.05) is 0 Å². The maximum Gasteiger partial charge on any atom is 0.169 e. The van der Waals surface area contributed by atoms with E-state index in [0.29, 0.717) is 6.54 Å². The molecule has 4 heterocycles. The van der Waals surface area contributed by atoms with Crippen LogP contribution < -0.4 is 0 Å². The van der Waals surface area contributed by atoms with Gasteiger partial charge in [0.15, 0.2) is 10.8 Å². The summed E-state index contributed by atoms with van der Waals surface area (Å²) in [4.78, 5) is 18.3. The van der Waals surface area contributed by atoms with Crippen molar-refractivity contribution >= 4 is 22.4 Å². The largest absolute Gasteiger partial charge is 0.325 e. The zero-order valence-electron chi connectivity index (χ0n) is 14.4. The number of aryl methyl sites for hydroxylation is 2. The zero-order chi connectivity index (χ0) is 17.2. The maximum atomic E-state index is 4.88. The molecule has 7 heteroatoms. The van der Waals surface area contributed by atoms with Crippen molar-refractivity contribution in [3.05, 3.63) is 47.8 Å². The van der Waals surface area contributed by atoms with E-state index in [4.69, 9.17) is 4.98 Å². The molecule has 4 aromatic heterocycles. The second-order valence-corrected chi connectivity index (χ2v) is 6.80. The molecular weight excluding hydrogens is 332 g/mol. The van der Waals surface area contributed by atoms with Gasteiger partial charge in [0.1, 0.15) is 5.82 Å². The standard InChI is InChI=1S/C18H20N6S/c1-3-5-13-10-14-15(11-21-13)24(4-2)16(22-14)12-23-8-6-19-17(23)18-20-7-9-25-18/h6-11H,3-5,12H2,1-2H3. The van der Waals surface area contributed by atoms with Gasteiger partial charge in [-0.3, -0.25) is 4.98 Å². The SMILES string of the molecule is CCCc1cc2nc(Cn3ccnc3-c3nccs3)n(CC)c2cn1. The number of fused-ring (bicyclic) bond motifs is 1. The van der Waals surface area contributed by atoms with Crippen LogP contribution in [0, 0.1) is 0 Å². The Morgan fingerprint density at radius 1 is 1.12 bits per heavy atom. The van der Waals surface area contributed by atoms with Crippen LogP contribution in [0.1, 0.15) is 31.8 Å². The van der Waals surface area contributed by atoms with Crippen molar-refractivity contribution in [2.24, 2.45) is 0 Å². The van der Waals surface area contributed by atoms with Crippen molar-refractivity contribution in [1.29, 1.82) is 0 Å². The molecule has 4 rings (SSSR count). The summed E-state index contributed by atoms with van der Waals surface area (Å²) in [7, 11) is 0. The number of aromatic nitrogens is 6. The van der Waals surface area contributed by atoms with E-state index in [9.17, 15) is 0 Å². The van der Waals surface area contributed by atoms with Crippen molar-refractivity contribution in [3.8, 4) is 10.8 Å². The molecule has 0 radical (unpaired) electrons. The van der Waals surface area contributed by atoms with Gasteiger partial charge in [-0.15, -0.1) is 11.3 Å². The van der Waals surface area contributed by atoms with E-state index in [1.807, 2.05) is 24.0 Å². The van der Waals surface area contributed by atoms with Gasteiger partial charge in [0.25, 0.3) is 0 Å². The van der Waals surface area contributed by atoms with Gasteiger partial charge in [0, 0.05) is 36.2 Å². The quantitative estimate of drug-likeness (QED) is 0.530. The fourth-order valence-electron chi connectivity index (χ4n) is 3.10. The average Bonchev–Trinajstić information content (AvgIpc) is 3.34. The monoisotopic (exact) mass is 352 g/mol. The van der Waals surface area contributed by atoms with E-state index in [-0.39, 0.29) is 0 Å². The van der Waals surface area contributed by atoms with Gasteiger partial charge in [-0.25, -0.2) is 15.0 Å². The van der Waals surface area contributed by atoms with Gasteiger partial charge in [0.05, 0.1) is 23.8 Å². The summed E-state index contributed by atoms with van der Waals surface area (Å²) in [6.45, 7) is 5.84. The molecule has 0 aromatic carbocycles. The van der Waals surface area contributed by atoms with Crippen LogP contribution in [-0.4, -0.2) is 29.1 Å². The Kier molecular flexibility index (Phi) is 4.31. The highest BCUT2D eigenvalue weighted by Crippen LogP contribution is 2.22. The minimum absolute atomic E-state index is 0.667. The number of pyridine rings is 1. The molecule has 0 saturated heterocycles. The topological polar surface area (TPSA) is 61.4 Å². The highest BCUT2D eigenvalue weighted by molar-refractivity contribution is 7.13. The van der Waals surface area contributed by atoms with Crippen LogP contribution in [0.2, 0.25) is 0 Å². The second-order valence-electron chi connectivity index (χ2n) is 5.90. The molecule has 4 aromatic rings. The van der Waals surface area contributed by atoms with Crippen molar-refractivity contribution in [1.82, 2.24) is 29.1 Å². The number of rotatable bonds is 6. The highest BCUT2D eigenvalue weighted by Gasteiger charge is 2.14. The summed E-state index contributed by atoms with van der Waals surface area (Å²) in [6.07, 6.45) is 9.64. The molecule has 25 heavy (non-hydrogen) atoms. The maximum absolute atomic E-state index is 4.88. The highest BCUT2D eigenvalue weighted by atomic mass is 32.1. The van der Waals surface area contributed by atoms with Gasteiger partial charge in [-0.1, -0.05) is 13.3 Å². The first-order valence-corrected chi connectivity index (χ1v) is 9.43. The molecule has 0 saturated carbocycles. The molecule has 0 N–H and O–H groups in total. The first kappa shape index (κ1) is 16.0. The number of imidazole rings is 2. The van der Waals surface area contributed by atoms with Crippen LogP contribution in [0.25, 0.3) is 21.9 Å². The third-order valence-electron chi connectivity index (χ3n) is 4.24. The summed E-state index contributed by atoms with van der Waals surface area (Å²) in [5.74, 6) is 1.90. The van der Waals surface area contributed by atoms with Gasteiger partial charge in [-0.05, 0) is 19.4 Å². The van der Waals surface area contributed by atoms with Crippen molar-refractivity contribution < 1.29 is 0 Å². The van der Waals surface area contributed by atoms with Gasteiger partial charge in [0.2, 0.25) is 0 Å². The Labute approximate surface area is 150 Å². The van der Waals surface area contributed by atoms with Crippen LogP contribution >= 0.6 is 11.3 Å². The van der Waals surface area contributed by atoms with Crippen LogP contribution in [0.5, 0.6) is 0 Å². The Hall–Kier alpha value is -2.54. The smallest absolute Gasteiger partial charge is 0.169 e. The summed E-state index contributed by atoms with van der Waals surface area (Å²) < 4.78 is 4.33. The van der Waals surface area contributed by atoms with E-state index in [0.717, 1.165) is 52.8 Å².